The van der Waals surface area contributed by atoms with Crippen molar-refractivity contribution in [1.82, 2.24) is 20.4 Å². The largest absolute Gasteiger partial charge is 0.378 e. The average molecular weight is 417 g/mol. The lowest BCUT2D eigenvalue weighted by Gasteiger charge is -2.53. The van der Waals surface area contributed by atoms with Crippen LogP contribution in [0.5, 0.6) is 0 Å². The number of aryl methyl sites for hydroxylation is 1. The Morgan fingerprint density at radius 2 is 2.13 bits per heavy atom. The second kappa shape index (κ2) is 7.66. The minimum Gasteiger partial charge on any atom is -0.378 e. The maximum Gasteiger partial charge on any atom is 0.269 e. The second-order valence-electron chi connectivity index (χ2n) is 10.4. The highest BCUT2D eigenvalue weighted by Gasteiger charge is 2.68. The van der Waals surface area contributed by atoms with Crippen LogP contribution in [0.4, 0.5) is 0 Å². The van der Waals surface area contributed by atoms with Gasteiger partial charge in [0.15, 0.2) is 0 Å². The number of amides is 2. The van der Waals surface area contributed by atoms with E-state index in [0.29, 0.717) is 24.1 Å². The Morgan fingerprint density at radius 1 is 1.37 bits per heavy atom. The van der Waals surface area contributed by atoms with Crippen LogP contribution in [0.1, 0.15) is 63.9 Å². The van der Waals surface area contributed by atoms with Gasteiger partial charge in [-0.3, -0.25) is 14.3 Å². The highest BCUT2D eigenvalue weighted by Crippen LogP contribution is 2.68. The summed E-state index contributed by atoms with van der Waals surface area (Å²) < 4.78 is 7.81. The second-order valence-corrected chi connectivity index (χ2v) is 10.4. The summed E-state index contributed by atoms with van der Waals surface area (Å²) in [6, 6.07) is 1.92. The van der Waals surface area contributed by atoms with Gasteiger partial charge in [0, 0.05) is 38.4 Å². The highest BCUT2D eigenvalue weighted by atomic mass is 16.5. The third-order valence-corrected chi connectivity index (χ3v) is 8.20. The zero-order valence-electron chi connectivity index (χ0n) is 18.9. The van der Waals surface area contributed by atoms with Gasteiger partial charge in [-0.2, -0.15) is 5.10 Å². The van der Waals surface area contributed by atoms with Gasteiger partial charge in [-0.1, -0.05) is 27.7 Å². The van der Waals surface area contributed by atoms with Crippen LogP contribution >= 0.6 is 0 Å². The van der Waals surface area contributed by atoms with Gasteiger partial charge in [0.25, 0.3) is 5.91 Å². The molecule has 2 heterocycles. The van der Waals surface area contributed by atoms with Gasteiger partial charge in [-0.05, 0) is 54.4 Å². The van der Waals surface area contributed by atoms with Crippen LogP contribution in [0.2, 0.25) is 0 Å². The van der Waals surface area contributed by atoms with E-state index in [1.165, 1.54) is 6.42 Å². The van der Waals surface area contributed by atoms with Crippen LogP contribution in [-0.2, 0) is 16.6 Å². The molecule has 30 heavy (non-hydrogen) atoms. The Morgan fingerprint density at radius 3 is 2.80 bits per heavy atom. The number of aromatic nitrogens is 2. The molecule has 5 atom stereocenters. The Kier molecular flexibility index (Phi) is 5.45. The molecule has 7 heteroatoms. The van der Waals surface area contributed by atoms with Crippen molar-refractivity contribution in [3.05, 3.63) is 18.0 Å². The number of carbonyl (C=O) groups is 2. The predicted molar refractivity (Wildman–Crippen MR) is 114 cm³/mol. The van der Waals surface area contributed by atoms with Gasteiger partial charge in [-0.25, -0.2) is 0 Å². The van der Waals surface area contributed by atoms with E-state index >= 15 is 0 Å². The van der Waals surface area contributed by atoms with Gasteiger partial charge in [0.2, 0.25) is 5.91 Å². The van der Waals surface area contributed by atoms with E-state index in [0.717, 1.165) is 25.9 Å². The van der Waals surface area contributed by atoms with Gasteiger partial charge < -0.3 is 15.4 Å². The van der Waals surface area contributed by atoms with Crippen molar-refractivity contribution in [2.45, 2.75) is 65.5 Å². The lowest BCUT2D eigenvalue weighted by atomic mass is 9.59. The van der Waals surface area contributed by atoms with Gasteiger partial charge >= 0.3 is 0 Å². The molecule has 7 nitrogen and oxygen atoms in total. The molecule has 0 unspecified atom stereocenters. The molecule has 1 aromatic rings. The maximum absolute atomic E-state index is 12.6. The summed E-state index contributed by atoms with van der Waals surface area (Å²) in [5.41, 5.74) is 0.791. The van der Waals surface area contributed by atoms with E-state index in [1.807, 2.05) is 13.8 Å². The molecule has 2 bridgehead atoms. The summed E-state index contributed by atoms with van der Waals surface area (Å²) >= 11 is 0. The van der Waals surface area contributed by atoms with E-state index in [9.17, 15) is 9.59 Å². The molecule has 0 aromatic carbocycles. The Bertz CT molecular complexity index is 817. The summed E-state index contributed by atoms with van der Waals surface area (Å²) in [4.78, 5) is 25.0. The molecule has 2 N–H and O–H groups in total. The lowest BCUT2D eigenvalue weighted by molar-refractivity contribution is -0.138. The van der Waals surface area contributed by atoms with Crippen LogP contribution in [0.15, 0.2) is 12.3 Å². The Hall–Kier alpha value is -1.89. The number of hydrogen-bond acceptors (Lipinski definition) is 4. The fraction of sp³-hybridized carbons (Fsp3) is 0.783. The van der Waals surface area contributed by atoms with E-state index in [2.05, 4.69) is 29.6 Å². The van der Waals surface area contributed by atoms with E-state index in [4.69, 9.17) is 4.74 Å². The summed E-state index contributed by atoms with van der Waals surface area (Å²) in [6.07, 6.45) is 5.90. The molecule has 2 saturated carbocycles. The SMILES string of the molecule is CC(C)C(=O)N[C@@H]1C(C)(C)[C@@H]2C[C@@H]3[C@@H](CCNC(=O)c4ccnn4C)OCC[C@@]31C2. The number of nitrogens with one attached hydrogen (secondary N) is 2. The van der Waals surface area contributed by atoms with Crippen LogP contribution < -0.4 is 10.6 Å². The molecular weight excluding hydrogens is 380 g/mol. The summed E-state index contributed by atoms with van der Waals surface area (Å²) in [7, 11) is 1.77. The number of rotatable bonds is 6. The van der Waals surface area contributed by atoms with Crippen molar-refractivity contribution in [3.8, 4) is 0 Å². The molecule has 1 aromatic heterocycles. The first kappa shape index (κ1) is 21.3. The third-order valence-electron chi connectivity index (χ3n) is 8.20. The predicted octanol–water partition coefficient (Wildman–Crippen LogP) is 2.52. The van der Waals surface area contributed by atoms with E-state index < -0.39 is 0 Å². The average Bonchev–Trinajstić information content (AvgIpc) is 3.34. The lowest BCUT2D eigenvalue weighted by Crippen LogP contribution is -2.60. The highest BCUT2D eigenvalue weighted by molar-refractivity contribution is 5.92. The summed E-state index contributed by atoms with van der Waals surface area (Å²) in [6.45, 7) is 9.88. The minimum absolute atomic E-state index is 0.00682. The smallest absolute Gasteiger partial charge is 0.269 e. The molecule has 1 spiro atoms. The molecule has 2 aliphatic carbocycles. The third kappa shape index (κ3) is 3.35. The Labute approximate surface area is 179 Å². The Balaban J connectivity index is 1.44. The van der Waals surface area contributed by atoms with Crippen LogP contribution in [-0.4, -0.2) is 46.9 Å². The topological polar surface area (TPSA) is 85.3 Å². The van der Waals surface area contributed by atoms with Crippen molar-refractivity contribution >= 4 is 11.8 Å². The number of carbonyl (C=O) groups excluding carboxylic acids is 2. The van der Waals surface area contributed by atoms with Crippen LogP contribution in [0.25, 0.3) is 0 Å². The van der Waals surface area contributed by atoms with Crippen molar-refractivity contribution in [2.75, 3.05) is 13.2 Å². The first-order chi connectivity index (χ1) is 14.2. The molecule has 3 aliphatic rings. The zero-order chi connectivity index (χ0) is 21.7. The normalized spacial score (nSPS) is 34.1. The number of ether oxygens (including phenoxy) is 1. The van der Waals surface area contributed by atoms with Crippen molar-refractivity contribution in [3.63, 3.8) is 0 Å². The number of hydrogen-bond donors (Lipinski definition) is 2. The fourth-order valence-electron chi connectivity index (χ4n) is 6.52. The first-order valence-corrected chi connectivity index (χ1v) is 11.3. The van der Waals surface area contributed by atoms with Gasteiger partial charge in [0.1, 0.15) is 5.69 Å². The maximum atomic E-state index is 12.6. The monoisotopic (exact) mass is 416 g/mol. The molecule has 3 fully saturated rings. The fourth-order valence-corrected chi connectivity index (χ4v) is 6.52. The zero-order valence-corrected chi connectivity index (χ0v) is 18.9. The molecule has 0 radical (unpaired) electrons. The molecular formula is C23H36N4O3. The first-order valence-electron chi connectivity index (χ1n) is 11.3. The van der Waals surface area contributed by atoms with Crippen LogP contribution in [0, 0.1) is 28.6 Å². The summed E-state index contributed by atoms with van der Waals surface area (Å²) in [5.74, 6) is 1.09. The van der Waals surface area contributed by atoms with Crippen molar-refractivity contribution in [1.29, 1.82) is 0 Å². The number of fused-ring (bicyclic) bond motifs is 1. The molecule has 4 rings (SSSR count). The van der Waals surface area contributed by atoms with E-state index in [1.54, 1.807) is 24.0 Å². The van der Waals surface area contributed by atoms with Crippen molar-refractivity contribution < 1.29 is 14.3 Å². The van der Waals surface area contributed by atoms with E-state index in [-0.39, 0.29) is 40.7 Å². The standard InChI is InChI=1S/C23H36N4O3/c1-14(2)19(28)26-21-22(3,4)15-12-16-18(30-11-8-23(16,21)13-15)7-9-24-20(29)17-6-10-25-27(17)5/h6,10,14-16,18,21H,7-9,11-13H2,1-5H3,(H,24,29)(H,26,28)/t15-,16-,18-,21-,23-/m1/s1. The molecule has 2 amide bonds. The van der Waals surface area contributed by atoms with Gasteiger partial charge in [-0.15, -0.1) is 0 Å². The van der Waals surface area contributed by atoms with Gasteiger partial charge in [0.05, 0.1) is 6.10 Å². The van der Waals surface area contributed by atoms with Crippen LogP contribution in [0.3, 0.4) is 0 Å². The molecule has 166 valence electrons. The molecule has 1 aliphatic heterocycles. The van der Waals surface area contributed by atoms with Crippen molar-refractivity contribution in [2.24, 2.45) is 35.6 Å². The number of nitrogens with zero attached hydrogens (tertiary/aromatic N) is 2. The quantitative estimate of drug-likeness (QED) is 0.746. The minimum atomic E-state index is -0.100. The summed E-state index contributed by atoms with van der Waals surface area (Å²) in [5, 5.41) is 10.5. The molecule has 1 saturated heterocycles.